The fourth-order valence-electron chi connectivity index (χ4n) is 6.72. The van der Waals surface area contributed by atoms with Crippen LogP contribution in [-0.4, -0.2) is 88.7 Å². The normalized spacial score (nSPS) is 44.4. The highest BCUT2D eigenvalue weighted by Gasteiger charge is 2.76. The lowest BCUT2D eigenvalue weighted by Crippen LogP contribution is -2.81. The Morgan fingerprint density at radius 3 is 2.53 bits per heavy atom. The third-order valence-corrected chi connectivity index (χ3v) is 8.84. The van der Waals surface area contributed by atoms with E-state index >= 15 is 0 Å². The molecular weight excluding hydrogens is 438 g/mol. The largest absolute Gasteiger partial charge is 0.454 e. The topological polar surface area (TPSA) is 106 Å². The molecule has 4 aliphatic rings. The number of rotatable bonds is 4. The summed E-state index contributed by atoms with van der Waals surface area (Å²) in [4.78, 5) is 28.8. The Kier molecular flexibility index (Phi) is 6.18. The number of nitrogens with zero attached hydrogens (tertiary/aromatic N) is 1. The predicted octanol–water partition coefficient (Wildman–Crippen LogP) is 1.78. The van der Waals surface area contributed by atoms with Gasteiger partial charge in [0.1, 0.15) is 5.60 Å². The zero-order chi connectivity index (χ0) is 25.2. The summed E-state index contributed by atoms with van der Waals surface area (Å²) in [6.07, 6.45) is 2.40. The number of hydrogen-bond acceptors (Lipinski definition) is 8. The zero-order valence-corrected chi connectivity index (χ0v) is 21.1. The summed E-state index contributed by atoms with van der Waals surface area (Å²) in [5.74, 6) is -0.908. The Bertz CT molecular complexity index is 909. The van der Waals surface area contributed by atoms with Crippen LogP contribution in [0.5, 0.6) is 0 Å². The lowest BCUT2D eigenvalue weighted by Gasteiger charge is -2.66. The second-order valence-corrected chi connectivity index (χ2v) is 11.6. The first-order chi connectivity index (χ1) is 15.7. The van der Waals surface area contributed by atoms with Crippen molar-refractivity contribution in [1.82, 2.24) is 4.90 Å². The van der Waals surface area contributed by atoms with E-state index in [1.165, 1.54) is 0 Å². The average Bonchev–Trinajstić information content (AvgIpc) is 2.76. The molecule has 2 aliphatic heterocycles. The lowest BCUT2D eigenvalue weighted by molar-refractivity contribution is -0.305. The number of carbonyl (C=O) groups excluding carboxylic acids is 2. The minimum atomic E-state index is -2.10. The monoisotopic (exact) mass is 477 g/mol. The van der Waals surface area contributed by atoms with Gasteiger partial charge >= 0.3 is 5.97 Å². The molecule has 3 fully saturated rings. The van der Waals surface area contributed by atoms with Crippen molar-refractivity contribution < 1.29 is 34.0 Å². The average molecular weight is 478 g/mol. The smallest absolute Gasteiger partial charge is 0.320 e. The summed E-state index contributed by atoms with van der Waals surface area (Å²) >= 11 is 0. The quantitative estimate of drug-likeness (QED) is 0.466. The number of hydrogen-bond donors (Lipinski definition) is 2. The predicted molar refractivity (Wildman–Crippen MR) is 125 cm³/mol. The van der Waals surface area contributed by atoms with Crippen molar-refractivity contribution in [2.45, 2.75) is 82.9 Å². The van der Waals surface area contributed by atoms with E-state index in [0.29, 0.717) is 39.1 Å². The molecule has 8 heteroatoms. The van der Waals surface area contributed by atoms with E-state index in [1.807, 2.05) is 24.8 Å². The van der Waals surface area contributed by atoms with Gasteiger partial charge in [0.15, 0.2) is 17.5 Å². The van der Waals surface area contributed by atoms with Crippen molar-refractivity contribution in [3.05, 3.63) is 24.3 Å². The van der Waals surface area contributed by atoms with Gasteiger partial charge in [-0.15, -0.1) is 6.58 Å². The SMILES string of the molecule is C=C[C@@]1(C)CC(=O)[C@]2(O)[C@](C)(O1)[C@@H](OC(=O)CN1CCOCC1)C=C1C(C)(C)CC[C@H](O)[C@@]12C. The highest BCUT2D eigenvalue weighted by atomic mass is 16.6. The van der Waals surface area contributed by atoms with Gasteiger partial charge in [0, 0.05) is 19.5 Å². The fourth-order valence-corrected chi connectivity index (χ4v) is 6.72. The Morgan fingerprint density at radius 2 is 1.91 bits per heavy atom. The molecular formula is C26H39NO7. The van der Waals surface area contributed by atoms with Crippen LogP contribution in [-0.2, 0) is 23.8 Å². The molecule has 8 nitrogen and oxygen atoms in total. The molecule has 2 N–H and O–H groups in total. The van der Waals surface area contributed by atoms with E-state index < -0.39 is 51.6 Å². The van der Waals surface area contributed by atoms with Gasteiger partial charge in [0.2, 0.25) is 0 Å². The summed E-state index contributed by atoms with van der Waals surface area (Å²) < 4.78 is 17.8. The molecule has 0 aromatic rings. The zero-order valence-electron chi connectivity index (χ0n) is 21.1. The first-order valence-electron chi connectivity index (χ1n) is 12.2. The molecule has 2 heterocycles. The maximum Gasteiger partial charge on any atom is 0.320 e. The number of aliphatic hydroxyl groups excluding tert-OH is 1. The summed E-state index contributed by atoms with van der Waals surface area (Å²) in [5, 5.41) is 23.6. The fraction of sp³-hybridized carbons (Fsp3) is 0.769. The van der Waals surface area contributed by atoms with Crippen LogP contribution >= 0.6 is 0 Å². The van der Waals surface area contributed by atoms with Crippen LogP contribution in [0, 0.1) is 10.8 Å². The van der Waals surface area contributed by atoms with Crippen molar-refractivity contribution in [2.75, 3.05) is 32.8 Å². The molecule has 1 saturated carbocycles. The molecule has 4 rings (SSSR count). The van der Waals surface area contributed by atoms with Crippen LogP contribution in [0.15, 0.2) is 24.3 Å². The molecule has 2 saturated heterocycles. The second kappa shape index (κ2) is 8.23. The van der Waals surface area contributed by atoms with Gasteiger partial charge in [0.05, 0.1) is 36.9 Å². The number of fused-ring (bicyclic) bond motifs is 3. The second-order valence-electron chi connectivity index (χ2n) is 11.6. The summed E-state index contributed by atoms with van der Waals surface area (Å²) in [6, 6.07) is 0. The minimum absolute atomic E-state index is 0.0769. The first-order valence-corrected chi connectivity index (χ1v) is 12.2. The number of ketones is 1. The van der Waals surface area contributed by atoms with Gasteiger partial charge in [0.25, 0.3) is 0 Å². The van der Waals surface area contributed by atoms with Crippen LogP contribution in [0.2, 0.25) is 0 Å². The van der Waals surface area contributed by atoms with E-state index in [-0.39, 0.29) is 13.0 Å². The van der Waals surface area contributed by atoms with Crippen molar-refractivity contribution >= 4 is 11.8 Å². The van der Waals surface area contributed by atoms with Crippen molar-refractivity contribution in [3.63, 3.8) is 0 Å². The molecule has 0 unspecified atom stereocenters. The number of Topliss-reactive ketones (excluding diaryl/α,β-unsaturated/α-hetero) is 1. The van der Waals surface area contributed by atoms with E-state index in [4.69, 9.17) is 14.2 Å². The Hall–Kier alpha value is -1.58. The molecule has 0 aromatic heterocycles. The van der Waals surface area contributed by atoms with E-state index in [2.05, 4.69) is 6.58 Å². The molecule has 0 radical (unpaired) electrons. The van der Waals surface area contributed by atoms with Gasteiger partial charge in [-0.05, 0) is 45.1 Å². The molecule has 0 amide bonds. The number of carbonyl (C=O) groups is 2. The van der Waals surface area contributed by atoms with Crippen LogP contribution in [0.1, 0.15) is 53.9 Å². The Morgan fingerprint density at radius 1 is 1.26 bits per heavy atom. The molecule has 2 aliphatic carbocycles. The molecule has 0 aromatic carbocycles. The standard InChI is InChI=1S/C26H39NO7/c1-7-23(4)15-19(29)26(31)24(5)17(22(2,3)9-8-18(24)28)14-20(25(26,6)34-23)33-21(30)16-27-10-12-32-13-11-27/h7,14,18,20,28,31H,1,8-13,15-16H2,2-6H3/t18-,20-,23-,24+,25+,26+/m0/s1. The number of ether oxygens (including phenoxy) is 3. The van der Waals surface area contributed by atoms with E-state index in [1.54, 1.807) is 26.8 Å². The number of morpholine rings is 1. The third-order valence-electron chi connectivity index (χ3n) is 8.84. The summed E-state index contributed by atoms with van der Waals surface area (Å²) in [6.45, 7) is 15.4. The van der Waals surface area contributed by atoms with Crippen molar-refractivity contribution in [1.29, 1.82) is 0 Å². The Balaban J connectivity index is 1.81. The lowest BCUT2D eigenvalue weighted by atomic mass is 9.44. The van der Waals surface area contributed by atoms with Gasteiger partial charge in [-0.1, -0.05) is 25.5 Å². The van der Waals surface area contributed by atoms with Crippen LogP contribution in [0.4, 0.5) is 0 Å². The van der Waals surface area contributed by atoms with Crippen LogP contribution < -0.4 is 0 Å². The number of esters is 1. The minimum Gasteiger partial charge on any atom is -0.454 e. The highest BCUT2D eigenvalue weighted by Crippen LogP contribution is 2.64. The summed E-state index contributed by atoms with van der Waals surface area (Å²) in [5.41, 5.74) is -5.77. The molecule has 190 valence electrons. The van der Waals surface area contributed by atoms with Gasteiger partial charge < -0.3 is 24.4 Å². The maximum atomic E-state index is 13.8. The highest BCUT2D eigenvalue weighted by molar-refractivity contribution is 5.93. The molecule has 34 heavy (non-hydrogen) atoms. The first kappa shape index (κ1) is 25.5. The Labute approximate surface area is 201 Å². The van der Waals surface area contributed by atoms with Crippen molar-refractivity contribution in [3.8, 4) is 0 Å². The molecule has 0 bridgehead atoms. The summed E-state index contributed by atoms with van der Waals surface area (Å²) in [7, 11) is 0. The van der Waals surface area contributed by atoms with E-state index in [9.17, 15) is 19.8 Å². The third kappa shape index (κ3) is 3.53. The van der Waals surface area contributed by atoms with E-state index in [0.717, 1.165) is 5.57 Å². The van der Waals surface area contributed by atoms with Crippen LogP contribution in [0.25, 0.3) is 0 Å². The molecule has 0 spiro atoms. The van der Waals surface area contributed by atoms with Gasteiger partial charge in [-0.2, -0.15) is 0 Å². The van der Waals surface area contributed by atoms with Crippen molar-refractivity contribution in [2.24, 2.45) is 10.8 Å². The van der Waals surface area contributed by atoms with Gasteiger partial charge in [-0.3, -0.25) is 14.5 Å². The number of aliphatic hydroxyl groups is 2. The molecule has 6 atom stereocenters. The van der Waals surface area contributed by atoms with Crippen LogP contribution in [0.3, 0.4) is 0 Å². The van der Waals surface area contributed by atoms with Gasteiger partial charge in [-0.25, -0.2) is 0 Å². The maximum absolute atomic E-state index is 13.8.